The van der Waals surface area contributed by atoms with Crippen molar-refractivity contribution in [2.24, 2.45) is 4.99 Å². The summed E-state index contributed by atoms with van der Waals surface area (Å²) in [5, 5.41) is 6.53. The minimum absolute atomic E-state index is 0. The molecule has 1 aliphatic heterocycles. The van der Waals surface area contributed by atoms with Crippen LogP contribution in [0.5, 0.6) is 5.88 Å². The number of alkyl halides is 3. The number of guanidine groups is 1. The highest BCUT2D eigenvalue weighted by molar-refractivity contribution is 14.0. The average Bonchev–Trinajstić information content (AvgIpc) is 3.18. The highest BCUT2D eigenvalue weighted by Gasteiger charge is 2.33. The van der Waals surface area contributed by atoms with Gasteiger partial charge in [0.2, 0.25) is 5.88 Å². The maximum atomic E-state index is 12.8. The first-order valence-corrected chi connectivity index (χ1v) is 9.61. The van der Waals surface area contributed by atoms with Gasteiger partial charge in [-0.3, -0.25) is 4.99 Å². The molecule has 2 aromatic rings. The van der Waals surface area contributed by atoms with Crippen LogP contribution < -0.4 is 20.3 Å². The number of hydrogen-bond donors (Lipinski definition) is 2. The highest BCUT2D eigenvalue weighted by Crippen LogP contribution is 2.34. The summed E-state index contributed by atoms with van der Waals surface area (Å²) in [5.74, 6) is 1.49. The smallest absolute Gasteiger partial charge is 0.417 e. The normalized spacial score (nSPS) is 16.6. The Hall–Kier alpha value is -2.02. The van der Waals surface area contributed by atoms with E-state index in [9.17, 15) is 13.2 Å². The molecule has 1 fully saturated rings. The van der Waals surface area contributed by atoms with E-state index < -0.39 is 11.7 Å². The number of anilines is 1. The van der Waals surface area contributed by atoms with Gasteiger partial charge in [-0.05, 0) is 24.1 Å². The molecule has 0 radical (unpaired) electrons. The van der Waals surface area contributed by atoms with Crippen LogP contribution in [0.25, 0.3) is 0 Å². The zero-order valence-electron chi connectivity index (χ0n) is 16.9. The van der Waals surface area contributed by atoms with Gasteiger partial charge in [0.1, 0.15) is 5.82 Å². The van der Waals surface area contributed by atoms with Crippen molar-refractivity contribution < 1.29 is 17.9 Å². The van der Waals surface area contributed by atoms with Crippen molar-refractivity contribution >= 4 is 47.4 Å². The van der Waals surface area contributed by atoms with Crippen LogP contribution in [0.4, 0.5) is 19.0 Å². The summed E-state index contributed by atoms with van der Waals surface area (Å²) in [6, 6.07) is 4.66. The summed E-state index contributed by atoms with van der Waals surface area (Å²) in [4.78, 5) is 14.1. The molecule has 1 aliphatic rings. The fourth-order valence-electron chi connectivity index (χ4n) is 3.13. The van der Waals surface area contributed by atoms with Gasteiger partial charge >= 0.3 is 6.18 Å². The van der Waals surface area contributed by atoms with E-state index in [1.165, 1.54) is 0 Å². The Kier molecular flexibility index (Phi) is 8.98. The molecule has 0 saturated carbocycles. The fourth-order valence-corrected chi connectivity index (χ4v) is 3.42. The lowest BCUT2D eigenvalue weighted by atomic mass is 10.2. The number of hydrogen-bond acceptors (Lipinski definition) is 5. The number of pyridine rings is 2. The second kappa shape index (κ2) is 11.0. The molecule has 1 atom stereocenters. The van der Waals surface area contributed by atoms with Gasteiger partial charge in [-0.2, -0.15) is 13.2 Å². The first kappa shape index (κ1) is 25.2. The maximum absolute atomic E-state index is 12.8. The van der Waals surface area contributed by atoms with Crippen LogP contribution in [-0.4, -0.2) is 49.2 Å². The number of halogens is 5. The lowest BCUT2D eigenvalue weighted by Crippen LogP contribution is -2.44. The van der Waals surface area contributed by atoms with Gasteiger partial charge in [0.25, 0.3) is 0 Å². The van der Waals surface area contributed by atoms with Crippen molar-refractivity contribution in [3.05, 3.63) is 46.7 Å². The van der Waals surface area contributed by atoms with Crippen LogP contribution in [0.2, 0.25) is 5.02 Å². The topological polar surface area (TPSA) is 74.7 Å². The zero-order chi connectivity index (χ0) is 21.7. The fraction of sp³-hybridized carbons (Fsp3) is 0.421. The van der Waals surface area contributed by atoms with Crippen LogP contribution in [0.15, 0.2) is 35.6 Å². The van der Waals surface area contributed by atoms with Crippen molar-refractivity contribution in [2.75, 3.05) is 32.1 Å². The number of methoxy groups -OCH3 is 1. The van der Waals surface area contributed by atoms with Crippen LogP contribution >= 0.6 is 35.6 Å². The van der Waals surface area contributed by atoms with Crippen molar-refractivity contribution in [3.8, 4) is 5.88 Å². The summed E-state index contributed by atoms with van der Waals surface area (Å²) in [7, 11) is 3.23. The van der Waals surface area contributed by atoms with E-state index in [2.05, 4.69) is 25.6 Å². The number of nitrogens with zero attached hydrogens (tertiary/aromatic N) is 4. The van der Waals surface area contributed by atoms with Gasteiger partial charge in [-0.25, -0.2) is 9.97 Å². The molecule has 2 aromatic heterocycles. The molecule has 0 spiro atoms. The van der Waals surface area contributed by atoms with E-state index in [4.69, 9.17) is 16.3 Å². The maximum Gasteiger partial charge on any atom is 0.417 e. The lowest BCUT2D eigenvalue weighted by Gasteiger charge is -2.21. The lowest BCUT2D eigenvalue weighted by molar-refractivity contribution is -0.137. The molecule has 1 unspecified atom stereocenters. The zero-order valence-corrected chi connectivity index (χ0v) is 20.0. The number of nitrogens with one attached hydrogen (secondary N) is 2. The third-order valence-electron chi connectivity index (χ3n) is 4.67. The van der Waals surface area contributed by atoms with Crippen LogP contribution in [-0.2, 0) is 12.7 Å². The van der Waals surface area contributed by atoms with E-state index in [0.29, 0.717) is 37.3 Å². The highest BCUT2D eigenvalue weighted by atomic mass is 127. The summed E-state index contributed by atoms with van der Waals surface area (Å²) in [6.07, 6.45) is -1.22. The largest absolute Gasteiger partial charge is 0.481 e. The van der Waals surface area contributed by atoms with E-state index in [-0.39, 0.29) is 35.0 Å². The van der Waals surface area contributed by atoms with Crippen LogP contribution in [0.1, 0.15) is 17.5 Å². The molecule has 0 amide bonds. The third kappa shape index (κ3) is 6.73. The molecule has 7 nitrogen and oxygen atoms in total. The molecule has 0 bridgehead atoms. The SMILES string of the molecule is CN=C(NCc1ccnc(OC)c1)NC1CCN(c2ncc(C(F)(F)F)cc2Cl)C1.I. The molecule has 0 aliphatic carbocycles. The molecule has 0 aromatic carbocycles. The van der Waals surface area contributed by atoms with Gasteiger partial charge in [-0.15, -0.1) is 24.0 Å². The summed E-state index contributed by atoms with van der Waals surface area (Å²) in [5.41, 5.74) is 0.126. The minimum Gasteiger partial charge on any atom is -0.481 e. The Morgan fingerprint density at radius 1 is 1.35 bits per heavy atom. The number of rotatable bonds is 5. The van der Waals surface area contributed by atoms with E-state index in [0.717, 1.165) is 24.2 Å². The molecular weight excluding hydrogens is 548 g/mol. The number of aromatic nitrogens is 2. The Balaban J connectivity index is 0.00000341. The van der Waals surface area contributed by atoms with Crippen molar-refractivity contribution in [1.29, 1.82) is 0 Å². The van der Waals surface area contributed by atoms with E-state index in [1.54, 1.807) is 20.4 Å². The van der Waals surface area contributed by atoms with Gasteiger partial charge in [0.05, 0.1) is 17.7 Å². The number of ether oxygens (including phenoxy) is 1. The molecular formula is C19H23ClF3IN6O. The molecule has 3 rings (SSSR count). The summed E-state index contributed by atoms with van der Waals surface area (Å²) in [6.45, 7) is 1.69. The molecule has 3 heterocycles. The van der Waals surface area contributed by atoms with Crippen LogP contribution in [0.3, 0.4) is 0 Å². The van der Waals surface area contributed by atoms with E-state index >= 15 is 0 Å². The van der Waals surface area contributed by atoms with Crippen molar-refractivity contribution in [3.63, 3.8) is 0 Å². The molecule has 31 heavy (non-hydrogen) atoms. The van der Waals surface area contributed by atoms with Gasteiger partial charge in [-0.1, -0.05) is 11.6 Å². The third-order valence-corrected chi connectivity index (χ3v) is 4.95. The van der Waals surface area contributed by atoms with Crippen molar-refractivity contribution in [2.45, 2.75) is 25.2 Å². The summed E-state index contributed by atoms with van der Waals surface area (Å²) >= 11 is 6.06. The predicted octanol–water partition coefficient (Wildman–Crippen LogP) is 3.72. The quantitative estimate of drug-likeness (QED) is 0.324. The standard InChI is InChI=1S/C19H22ClF3N6O.HI/c1-24-18(27-9-12-3-5-25-16(7-12)30-2)28-14-4-6-29(11-14)17-15(20)8-13(10-26-17)19(21,22)23;/h3,5,7-8,10,14H,4,6,9,11H2,1-2H3,(H2,24,27,28);1H. The Bertz CT molecular complexity index is 914. The van der Waals surface area contributed by atoms with Crippen LogP contribution in [0, 0.1) is 0 Å². The minimum atomic E-state index is -4.47. The molecule has 1 saturated heterocycles. The van der Waals surface area contributed by atoms with Gasteiger partial charge < -0.3 is 20.3 Å². The van der Waals surface area contributed by atoms with Crippen molar-refractivity contribution in [1.82, 2.24) is 20.6 Å². The second-order valence-electron chi connectivity index (χ2n) is 6.74. The second-order valence-corrected chi connectivity index (χ2v) is 7.14. The molecule has 12 heteroatoms. The Morgan fingerprint density at radius 3 is 2.77 bits per heavy atom. The summed E-state index contributed by atoms with van der Waals surface area (Å²) < 4.78 is 43.5. The molecule has 2 N–H and O–H groups in total. The average molecular weight is 571 g/mol. The van der Waals surface area contributed by atoms with Gasteiger partial charge in [0.15, 0.2) is 5.96 Å². The first-order valence-electron chi connectivity index (χ1n) is 9.24. The predicted molar refractivity (Wildman–Crippen MR) is 124 cm³/mol. The number of aliphatic imine (C=N–C) groups is 1. The Labute approximate surface area is 200 Å². The van der Waals surface area contributed by atoms with E-state index in [1.807, 2.05) is 17.0 Å². The first-order chi connectivity index (χ1) is 14.3. The monoisotopic (exact) mass is 570 g/mol. The van der Waals surface area contributed by atoms with Gasteiger partial charge in [0, 0.05) is 51.2 Å². The molecule has 170 valence electrons. The Morgan fingerprint density at radius 2 is 2.13 bits per heavy atom.